The molecule has 0 aliphatic heterocycles. The smallest absolute Gasteiger partial charge is 0.190 e. The van der Waals surface area contributed by atoms with E-state index in [0.717, 1.165) is 18.0 Å². The van der Waals surface area contributed by atoms with E-state index in [1.54, 1.807) is 7.05 Å². The minimum Gasteiger partial charge on any atom is -0.359 e. The predicted molar refractivity (Wildman–Crippen MR) is 86.4 cm³/mol. The molecule has 0 atom stereocenters. The largest absolute Gasteiger partial charge is 0.359 e. The van der Waals surface area contributed by atoms with Crippen LogP contribution in [0.2, 0.25) is 0 Å². The first-order valence-corrected chi connectivity index (χ1v) is 5.56. The van der Waals surface area contributed by atoms with E-state index in [1.807, 2.05) is 37.5 Å². The third-order valence-corrected chi connectivity index (χ3v) is 2.65. The Hall–Kier alpha value is -1.37. The summed E-state index contributed by atoms with van der Waals surface area (Å²) in [6, 6.07) is 10.2. The summed E-state index contributed by atoms with van der Waals surface area (Å²) in [4.78, 5) is 8.42. The zero-order chi connectivity index (χ0) is 12.1. The van der Waals surface area contributed by atoms with Gasteiger partial charge in [-0.3, -0.25) is 9.98 Å². The molecule has 1 heterocycles. The van der Waals surface area contributed by atoms with Crippen LogP contribution in [-0.4, -0.2) is 25.0 Å². The number of para-hydroxylation sites is 1. The molecule has 0 amide bonds. The molecular weight excluding hydrogens is 339 g/mol. The number of halogens is 1. The number of benzene rings is 1. The summed E-state index contributed by atoms with van der Waals surface area (Å²) in [7, 11) is 3.60. The van der Waals surface area contributed by atoms with Crippen molar-refractivity contribution in [2.24, 2.45) is 4.99 Å². The maximum Gasteiger partial charge on any atom is 0.190 e. The van der Waals surface area contributed by atoms with E-state index in [9.17, 15) is 0 Å². The Balaban J connectivity index is 0.00000162. The Bertz CT molecular complexity index is 534. The van der Waals surface area contributed by atoms with Crippen molar-refractivity contribution >= 4 is 40.8 Å². The van der Waals surface area contributed by atoms with Gasteiger partial charge >= 0.3 is 0 Å². The van der Waals surface area contributed by atoms with Crippen molar-refractivity contribution in [3.05, 3.63) is 42.1 Å². The third-order valence-electron chi connectivity index (χ3n) is 2.65. The van der Waals surface area contributed by atoms with Crippen LogP contribution in [0.3, 0.4) is 0 Å². The Morgan fingerprint density at radius 3 is 2.78 bits per heavy atom. The summed E-state index contributed by atoms with van der Waals surface area (Å²) in [5, 5.41) is 7.41. The molecular formula is C13H17IN4. The second-order valence-electron chi connectivity index (χ2n) is 3.66. The molecule has 0 bridgehead atoms. The molecule has 0 saturated heterocycles. The van der Waals surface area contributed by atoms with Gasteiger partial charge in [-0.25, -0.2) is 0 Å². The summed E-state index contributed by atoms with van der Waals surface area (Å²) in [6.07, 6.45) is 1.83. The third kappa shape index (κ3) is 3.32. The topological polar surface area (TPSA) is 49.3 Å². The minimum absolute atomic E-state index is 0. The van der Waals surface area contributed by atoms with E-state index in [2.05, 4.69) is 26.7 Å². The molecule has 0 aliphatic rings. The average Bonchev–Trinajstić information content (AvgIpc) is 2.40. The van der Waals surface area contributed by atoms with Gasteiger partial charge in [0.25, 0.3) is 0 Å². The number of fused-ring (bicyclic) bond motifs is 1. The normalized spacial score (nSPS) is 10.9. The number of hydrogen-bond acceptors (Lipinski definition) is 2. The van der Waals surface area contributed by atoms with Crippen molar-refractivity contribution in [3.63, 3.8) is 0 Å². The molecule has 0 fully saturated rings. The van der Waals surface area contributed by atoms with Gasteiger partial charge in [-0.2, -0.15) is 0 Å². The van der Waals surface area contributed by atoms with E-state index < -0.39 is 0 Å². The average molecular weight is 356 g/mol. The molecule has 2 aromatic rings. The SMILES string of the molecule is CN=C(NC)NCc1ccnc2ccccc12.I. The van der Waals surface area contributed by atoms with E-state index in [0.29, 0.717) is 0 Å². The first kappa shape index (κ1) is 14.7. The molecule has 18 heavy (non-hydrogen) atoms. The number of rotatable bonds is 2. The van der Waals surface area contributed by atoms with Crippen LogP contribution in [0.25, 0.3) is 10.9 Å². The van der Waals surface area contributed by atoms with Crippen molar-refractivity contribution in [1.82, 2.24) is 15.6 Å². The lowest BCUT2D eigenvalue weighted by molar-refractivity contribution is 0.870. The van der Waals surface area contributed by atoms with E-state index >= 15 is 0 Å². The predicted octanol–water partition coefficient (Wildman–Crippen LogP) is 2.15. The standard InChI is InChI=1S/C13H16N4.HI/c1-14-13(15-2)17-9-10-7-8-16-12-6-4-3-5-11(10)12;/h3-8H,9H2,1-2H3,(H2,14,15,17);1H. The second-order valence-corrected chi connectivity index (χ2v) is 3.66. The Kier molecular flexibility index (Phi) is 5.84. The quantitative estimate of drug-likeness (QED) is 0.493. The number of nitrogens with one attached hydrogen (secondary N) is 2. The molecule has 2 N–H and O–H groups in total. The number of aromatic nitrogens is 1. The van der Waals surface area contributed by atoms with Crippen LogP contribution in [0.1, 0.15) is 5.56 Å². The molecule has 2 rings (SSSR count). The zero-order valence-corrected chi connectivity index (χ0v) is 12.8. The molecule has 0 spiro atoms. The van der Waals surface area contributed by atoms with Crippen LogP contribution in [0.5, 0.6) is 0 Å². The van der Waals surface area contributed by atoms with Crippen LogP contribution in [0.15, 0.2) is 41.5 Å². The van der Waals surface area contributed by atoms with Gasteiger partial charge in [-0.05, 0) is 17.7 Å². The Morgan fingerprint density at radius 1 is 1.28 bits per heavy atom. The summed E-state index contributed by atoms with van der Waals surface area (Å²) >= 11 is 0. The van der Waals surface area contributed by atoms with Crippen molar-refractivity contribution < 1.29 is 0 Å². The monoisotopic (exact) mass is 356 g/mol. The Morgan fingerprint density at radius 2 is 2.06 bits per heavy atom. The van der Waals surface area contributed by atoms with Crippen molar-refractivity contribution in [2.75, 3.05) is 14.1 Å². The maximum absolute atomic E-state index is 4.34. The lowest BCUT2D eigenvalue weighted by atomic mass is 10.1. The highest BCUT2D eigenvalue weighted by atomic mass is 127. The highest BCUT2D eigenvalue weighted by Gasteiger charge is 2.01. The van der Waals surface area contributed by atoms with Gasteiger partial charge in [-0.15, -0.1) is 24.0 Å². The van der Waals surface area contributed by atoms with Crippen LogP contribution in [0.4, 0.5) is 0 Å². The van der Waals surface area contributed by atoms with Gasteiger partial charge in [0.15, 0.2) is 5.96 Å². The second kappa shape index (κ2) is 7.15. The summed E-state index contributed by atoms with van der Waals surface area (Å²) < 4.78 is 0. The maximum atomic E-state index is 4.34. The van der Waals surface area contributed by atoms with Gasteiger partial charge in [0.2, 0.25) is 0 Å². The highest BCUT2D eigenvalue weighted by Crippen LogP contribution is 2.15. The van der Waals surface area contributed by atoms with Crippen LogP contribution in [0, 0.1) is 0 Å². The molecule has 5 heteroatoms. The number of hydrogen-bond donors (Lipinski definition) is 2. The van der Waals surface area contributed by atoms with E-state index in [-0.39, 0.29) is 24.0 Å². The van der Waals surface area contributed by atoms with Gasteiger partial charge in [-0.1, -0.05) is 18.2 Å². The molecule has 0 saturated carbocycles. The van der Waals surface area contributed by atoms with Crippen LogP contribution in [-0.2, 0) is 6.54 Å². The van der Waals surface area contributed by atoms with Crippen molar-refractivity contribution in [2.45, 2.75) is 6.54 Å². The number of guanidine groups is 1. The molecule has 1 aromatic carbocycles. The molecule has 1 aromatic heterocycles. The minimum atomic E-state index is 0. The van der Waals surface area contributed by atoms with E-state index in [1.165, 1.54) is 10.9 Å². The summed E-state index contributed by atoms with van der Waals surface area (Å²) in [5.41, 5.74) is 2.23. The first-order valence-electron chi connectivity index (χ1n) is 5.56. The van der Waals surface area contributed by atoms with Crippen LogP contribution < -0.4 is 10.6 Å². The summed E-state index contributed by atoms with van der Waals surface area (Å²) in [5.74, 6) is 0.783. The zero-order valence-electron chi connectivity index (χ0n) is 10.5. The molecule has 0 aliphatic carbocycles. The number of pyridine rings is 1. The molecule has 4 nitrogen and oxygen atoms in total. The molecule has 0 unspecified atom stereocenters. The van der Waals surface area contributed by atoms with Gasteiger partial charge < -0.3 is 10.6 Å². The van der Waals surface area contributed by atoms with Gasteiger partial charge in [0.1, 0.15) is 0 Å². The fourth-order valence-electron chi connectivity index (χ4n) is 1.77. The molecule has 0 radical (unpaired) electrons. The van der Waals surface area contributed by atoms with Gasteiger partial charge in [0.05, 0.1) is 5.52 Å². The highest BCUT2D eigenvalue weighted by molar-refractivity contribution is 14.0. The van der Waals surface area contributed by atoms with Gasteiger partial charge in [0, 0.05) is 32.2 Å². The Labute approximate surface area is 124 Å². The lowest BCUT2D eigenvalue weighted by Gasteiger charge is -2.10. The lowest BCUT2D eigenvalue weighted by Crippen LogP contribution is -2.34. The number of aliphatic imine (C=N–C) groups is 1. The van der Waals surface area contributed by atoms with Crippen molar-refractivity contribution in [1.29, 1.82) is 0 Å². The molecule has 96 valence electrons. The van der Waals surface area contributed by atoms with Crippen molar-refractivity contribution in [3.8, 4) is 0 Å². The van der Waals surface area contributed by atoms with Crippen LogP contribution >= 0.6 is 24.0 Å². The first-order chi connectivity index (χ1) is 8.35. The van der Waals surface area contributed by atoms with E-state index in [4.69, 9.17) is 0 Å². The summed E-state index contributed by atoms with van der Waals surface area (Å²) in [6.45, 7) is 0.733. The fraction of sp³-hybridized carbons (Fsp3) is 0.231. The fourth-order valence-corrected chi connectivity index (χ4v) is 1.77. The number of nitrogens with zero attached hydrogens (tertiary/aromatic N) is 2.